The number of alkyl halides is 3. The molecule has 0 bridgehead atoms. The van der Waals surface area contributed by atoms with Crippen LogP contribution < -0.4 is 5.32 Å². The van der Waals surface area contributed by atoms with Crippen LogP contribution in [-0.2, 0) is 11.0 Å². The van der Waals surface area contributed by atoms with Crippen molar-refractivity contribution in [3.05, 3.63) is 29.3 Å². The van der Waals surface area contributed by atoms with Gasteiger partial charge in [-0.2, -0.15) is 13.2 Å². The van der Waals surface area contributed by atoms with E-state index in [4.69, 9.17) is 0 Å². The molecule has 1 amide bonds. The van der Waals surface area contributed by atoms with Gasteiger partial charge in [0.25, 0.3) is 0 Å². The molecule has 0 aromatic heterocycles. The van der Waals surface area contributed by atoms with Crippen molar-refractivity contribution in [1.29, 1.82) is 0 Å². The van der Waals surface area contributed by atoms with Gasteiger partial charge in [-0.15, -0.1) is 0 Å². The van der Waals surface area contributed by atoms with Crippen LogP contribution >= 0.6 is 0 Å². The van der Waals surface area contributed by atoms with Crippen LogP contribution in [0, 0.1) is 5.41 Å². The van der Waals surface area contributed by atoms with Crippen molar-refractivity contribution >= 4 is 11.6 Å². The quantitative estimate of drug-likeness (QED) is 0.859. The Morgan fingerprint density at radius 3 is 2.42 bits per heavy atom. The summed E-state index contributed by atoms with van der Waals surface area (Å²) in [5.74, 6) is -0.881. The van der Waals surface area contributed by atoms with E-state index in [9.17, 15) is 18.0 Å². The van der Waals surface area contributed by atoms with Crippen molar-refractivity contribution in [3.63, 3.8) is 0 Å². The van der Waals surface area contributed by atoms with Gasteiger partial charge in [-0.3, -0.25) is 4.79 Å². The van der Waals surface area contributed by atoms with Crippen LogP contribution in [0.2, 0.25) is 0 Å². The van der Waals surface area contributed by atoms with E-state index < -0.39 is 17.7 Å². The molecule has 1 heterocycles. The summed E-state index contributed by atoms with van der Waals surface area (Å²) in [6.07, 6.45) is -3.75. The first kappa shape index (κ1) is 13.9. The number of para-hydroxylation sites is 1. The summed E-state index contributed by atoms with van der Waals surface area (Å²) < 4.78 is 38.8. The highest BCUT2D eigenvalue weighted by molar-refractivity contribution is 6.04. The lowest BCUT2D eigenvalue weighted by molar-refractivity contribution is -0.136. The second-order valence-electron chi connectivity index (χ2n) is 5.53. The largest absolute Gasteiger partial charge is 0.418 e. The Bertz CT molecular complexity index is 520. The predicted molar refractivity (Wildman–Crippen MR) is 66.9 cm³/mol. The van der Waals surface area contributed by atoms with Crippen LogP contribution in [0.4, 0.5) is 18.9 Å². The van der Waals surface area contributed by atoms with E-state index in [-0.39, 0.29) is 17.0 Å². The average Bonchev–Trinajstić information content (AvgIpc) is 2.63. The molecule has 1 aromatic carbocycles. The van der Waals surface area contributed by atoms with E-state index in [1.165, 1.54) is 6.07 Å². The van der Waals surface area contributed by atoms with Crippen molar-refractivity contribution < 1.29 is 18.0 Å². The molecule has 5 heteroatoms. The molecule has 1 unspecified atom stereocenters. The van der Waals surface area contributed by atoms with Crippen LogP contribution in [0.1, 0.15) is 44.2 Å². The molecule has 1 aromatic rings. The smallest absolute Gasteiger partial charge is 0.325 e. The van der Waals surface area contributed by atoms with Crippen molar-refractivity contribution in [3.8, 4) is 0 Å². The lowest BCUT2D eigenvalue weighted by Gasteiger charge is -2.28. The first-order chi connectivity index (χ1) is 8.68. The Morgan fingerprint density at radius 2 is 1.89 bits per heavy atom. The van der Waals surface area contributed by atoms with Gasteiger partial charge in [0, 0.05) is 0 Å². The summed E-state index contributed by atoms with van der Waals surface area (Å²) in [4.78, 5) is 12.0. The molecule has 1 aliphatic rings. The molecule has 19 heavy (non-hydrogen) atoms. The molecule has 0 saturated heterocycles. The minimum Gasteiger partial charge on any atom is -0.325 e. The minimum atomic E-state index is -4.45. The number of fused-ring (bicyclic) bond motifs is 1. The molecule has 2 rings (SSSR count). The fourth-order valence-corrected chi connectivity index (χ4v) is 2.50. The second kappa shape index (κ2) is 4.25. The number of rotatable bonds is 2. The van der Waals surface area contributed by atoms with Gasteiger partial charge < -0.3 is 5.32 Å². The zero-order valence-electron chi connectivity index (χ0n) is 11.1. The number of halogens is 3. The van der Waals surface area contributed by atoms with Gasteiger partial charge in [0.05, 0.1) is 17.2 Å². The summed E-state index contributed by atoms with van der Waals surface area (Å²) >= 11 is 0. The molecule has 2 nitrogen and oxygen atoms in total. The highest BCUT2D eigenvalue weighted by Gasteiger charge is 2.45. The maximum atomic E-state index is 12.9. The average molecular weight is 271 g/mol. The maximum absolute atomic E-state index is 12.9. The van der Waals surface area contributed by atoms with E-state index in [0.717, 1.165) is 6.07 Å². The number of carbonyl (C=O) groups excluding carboxylic acids is 1. The molecule has 1 atom stereocenters. The predicted octanol–water partition coefficient (Wildman–Crippen LogP) is 4.18. The van der Waals surface area contributed by atoms with Gasteiger partial charge in [0.15, 0.2) is 0 Å². The molecule has 1 N–H and O–H groups in total. The van der Waals surface area contributed by atoms with Crippen molar-refractivity contribution in [1.82, 2.24) is 0 Å². The fourth-order valence-electron chi connectivity index (χ4n) is 2.50. The molecule has 104 valence electrons. The third-order valence-corrected chi connectivity index (χ3v) is 3.92. The first-order valence-corrected chi connectivity index (χ1v) is 6.19. The molecular weight excluding hydrogens is 255 g/mol. The summed E-state index contributed by atoms with van der Waals surface area (Å²) in [5.41, 5.74) is -0.773. The van der Waals surface area contributed by atoms with Gasteiger partial charge in [0.1, 0.15) is 0 Å². The van der Waals surface area contributed by atoms with E-state index in [0.29, 0.717) is 12.0 Å². The Balaban J connectivity index is 2.58. The SMILES string of the molecule is CCC(C)(C)C1C(=O)Nc2c1cccc2C(F)(F)F. The van der Waals surface area contributed by atoms with Crippen LogP contribution in [0.15, 0.2) is 18.2 Å². The number of amides is 1. The summed E-state index contributed by atoms with van der Waals surface area (Å²) in [5, 5.41) is 2.40. The molecule has 0 saturated carbocycles. The second-order valence-corrected chi connectivity index (χ2v) is 5.53. The molecular formula is C14H16F3NO. The highest BCUT2D eigenvalue weighted by atomic mass is 19.4. The third kappa shape index (κ3) is 2.22. The normalized spacial score (nSPS) is 19.3. The Kier molecular flexibility index (Phi) is 3.11. The van der Waals surface area contributed by atoms with Crippen molar-refractivity contribution in [2.24, 2.45) is 5.41 Å². The van der Waals surface area contributed by atoms with Gasteiger partial charge >= 0.3 is 6.18 Å². The fraction of sp³-hybridized carbons (Fsp3) is 0.500. The van der Waals surface area contributed by atoms with E-state index >= 15 is 0 Å². The molecule has 1 aliphatic heterocycles. The number of hydrogen-bond donors (Lipinski definition) is 1. The van der Waals surface area contributed by atoms with E-state index in [1.54, 1.807) is 6.07 Å². The lowest BCUT2D eigenvalue weighted by atomic mass is 9.73. The van der Waals surface area contributed by atoms with Gasteiger partial charge in [0.2, 0.25) is 5.91 Å². The van der Waals surface area contributed by atoms with E-state index in [2.05, 4.69) is 5.32 Å². The monoisotopic (exact) mass is 271 g/mol. The summed E-state index contributed by atoms with van der Waals surface area (Å²) in [6.45, 7) is 5.72. The zero-order chi connectivity index (χ0) is 14.4. The van der Waals surface area contributed by atoms with E-state index in [1.807, 2.05) is 20.8 Å². The summed E-state index contributed by atoms with van der Waals surface area (Å²) in [6, 6.07) is 3.96. The van der Waals surface area contributed by atoms with Gasteiger partial charge in [-0.05, 0) is 23.5 Å². The molecule has 0 fully saturated rings. The topological polar surface area (TPSA) is 29.1 Å². The summed E-state index contributed by atoms with van der Waals surface area (Å²) in [7, 11) is 0. The number of hydrogen-bond acceptors (Lipinski definition) is 1. The minimum absolute atomic E-state index is 0.0773. The Labute approximate surface area is 110 Å². The molecule has 0 radical (unpaired) electrons. The zero-order valence-corrected chi connectivity index (χ0v) is 11.1. The lowest BCUT2D eigenvalue weighted by Crippen LogP contribution is -2.27. The number of anilines is 1. The standard InChI is InChI=1S/C14H16F3NO/c1-4-13(2,3)10-8-6-5-7-9(14(15,16)17)11(8)18-12(10)19/h5-7,10H,4H2,1-3H3,(H,18,19). The Hall–Kier alpha value is -1.52. The van der Waals surface area contributed by atoms with Crippen LogP contribution in [-0.4, -0.2) is 5.91 Å². The van der Waals surface area contributed by atoms with Gasteiger partial charge in [-0.1, -0.05) is 32.9 Å². The maximum Gasteiger partial charge on any atom is 0.418 e. The number of carbonyl (C=O) groups is 1. The van der Waals surface area contributed by atoms with Crippen molar-refractivity contribution in [2.75, 3.05) is 5.32 Å². The van der Waals surface area contributed by atoms with Gasteiger partial charge in [-0.25, -0.2) is 0 Å². The third-order valence-electron chi connectivity index (χ3n) is 3.92. The first-order valence-electron chi connectivity index (χ1n) is 6.19. The van der Waals surface area contributed by atoms with Crippen molar-refractivity contribution in [2.45, 2.75) is 39.3 Å². The highest BCUT2D eigenvalue weighted by Crippen LogP contribution is 2.49. The number of nitrogens with one attached hydrogen (secondary N) is 1. The Morgan fingerprint density at radius 1 is 1.26 bits per heavy atom. The molecule has 0 spiro atoms. The van der Waals surface area contributed by atoms with Crippen LogP contribution in [0.25, 0.3) is 0 Å². The van der Waals surface area contributed by atoms with Crippen LogP contribution in [0.5, 0.6) is 0 Å². The van der Waals surface area contributed by atoms with Crippen LogP contribution in [0.3, 0.4) is 0 Å². The molecule has 0 aliphatic carbocycles. The number of benzene rings is 1.